The maximum Gasteiger partial charge on any atom is 0.408 e. The molecule has 0 unspecified atom stereocenters. The second kappa shape index (κ2) is 12.4. The summed E-state index contributed by atoms with van der Waals surface area (Å²) in [5, 5.41) is 5.19. The van der Waals surface area contributed by atoms with Crippen LogP contribution < -0.4 is 10.6 Å². The minimum absolute atomic E-state index is 0.0932. The molecule has 0 aliphatic rings. The van der Waals surface area contributed by atoms with Gasteiger partial charge in [-0.15, -0.1) is 12.3 Å². The van der Waals surface area contributed by atoms with Crippen LogP contribution in [-0.4, -0.2) is 37.2 Å². The Hall–Kier alpha value is -3.01. The van der Waals surface area contributed by atoms with Crippen molar-refractivity contribution in [3.05, 3.63) is 35.9 Å². The smallest absolute Gasteiger partial charge is 0.408 e. The van der Waals surface area contributed by atoms with Gasteiger partial charge in [-0.25, -0.2) is 9.59 Å². The number of rotatable bonds is 10. The van der Waals surface area contributed by atoms with Gasteiger partial charge in [0, 0.05) is 6.42 Å². The summed E-state index contributed by atoms with van der Waals surface area (Å²) in [6, 6.07) is 7.53. The molecular formula is C21H28N2O5. The Morgan fingerprint density at radius 1 is 1.14 bits per heavy atom. The van der Waals surface area contributed by atoms with Crippen molar-refractivity contribution >= 4 is 18.0 Å². The first-order valence-electron chi connectivity index (χ1n) is 9.17. The van der Waals surface area contributed by atoms with E-state index in [0.717, 1.165) is 5.56 Å². The maximum atomic E-state index is 12.6. The zero-order valence-corrected chi connectivity index (χ0v) is 16.6. The lowest BCUT2D eigenvalue weighted by Gasteiger charge is -2.24. The van der Waals surface area contributed by atoms with Crippen LogP contribution in [0.3, 0.4) is 0 Å². The summed E-state index contributed by atoms with van der Waals surface area (Å²) in [7, 11) is 1.25. The standard InChI is InChI=1S/C21H28N2O5/c1-5-6-8-13-17(20(25)27-4)22-19(24)18(15(2)3)23-21(26)28-14-16-11-9-7-10-12-16/h1,7,9-12,15,17-18H,6,8,13-14H2,2-4H3,(H,22,24)(H,23,26)/t17-,18-/m0/s1. The van der Waals surface area contributed by atoms with E-state index in [2.05, 4.69) is 16.6 Å². The lowest BCUT2D eigenvalue weighted by molar-refractivity contribution is -0.145. The number of carbonyl (C=O) groups excluding carboxylic acids is 3. The summed E-state index contributed by atoms with van der Waals surface area (Å²) < 4.78 is 9.90. The molecule has 2 amide bonds. The van der Waals surface area contributed by atoms with Crippen LogP contribution in [0.4, 0.5) is 4.79 Å². The number of hydrogen-bond donors (Lipinski definition) is 2. The van der Waals surface area contributed by atoms with E-state index in [0.29, 0.717) is 19.3 Å². The Bertz CT molecular complexity index is 682. The first kappa shape index (κ1) is 23.0. The summed E-state index contributed by atoms with van der Waals surface area (Å²) >= 11 is 0. The molecule has 1 aromatic rings. The van der Waals surface area contributed by atoms with Crippen molar-refractivity contribution in [1.82, 2.24) is 10.6 Å². The molecule has 0 saturated carbocycles. The molecule has 7 heteroatoms. The van der Waals surface area contributed by atoms with Crippen LogP contribution in [0, 0.1) is 18.3 Å². The van der Waals surface area contributed by atoms with Gasteiger partial charge in [0.1, 0.15) is 18.7 Å². The summed E-state index contributed by atoms with van der Waals surface area (Å²) in [6.45, 7) is 3.66. The molecule has 0 aliphatic heterocycles. The molecule has 0 heterocycles. The average Bonchev–Trinajstić information content (AvgIpc) is 2.69. The van der Waals surface area contributed by atoms with Gasteiger partial charge in [0.15, 0.2) is 0 Å². The second-order valence-electron chi connectivity index (χ2n) is 6.61. The zero-order chi connectivity index (χ0) is 20.9. The first-order valence-corrected chi connectivity index (χ1v) is 9.17. The van der Waals surface area contributed by atoms with E-state index in [1.54, 1.807) is 13.8 Å². The van der Waals surface area contributed by atoms with Crippen LogP contribution >= 0.6 is 0 Å². The lowest BCUT2D eigenvalue weighted by atomic mass is 10.0. The van der Waals surface area contributed by atoms with Gasteiger partial charge in [0.2, 0.25) is 5.91 Å². The summed E-state index contributed by atoms with van der Waals surface area (Å²) in [5.41, 5.74) is 0.836. The number of hydrogen-bond acceptors (Lipinski definition) is 5. The van der Waals surface area contributed by atoms with Gasteiger partial charge in [-0.3, -0.25) is 4.79 Å². The van der Waals surface area contributed by atoms with E-state index in [1.807, 2.05) is 30.3 Å². The van der Waals surface area contributed by atoms with Crippen LogP contribution in [0.1, 0.15) is 38.7 Å². The predicted molar refractivity (Wildman–Crippen MR) is 105 cm³/mol. The number of amides is 2. The third kappa shape index (κ3) is 8.12. The van der Waals surface area contributed by atoms with Gasteiger partial charge in [-0.2, -0.15) is 0 Å². The molecule has 7 nitrogen and oxygen atoms in total. The Labute approximate surface area is 166 Å². The Morgan fingerprint density at radius 2 is 1.82 bits per heavy atom. The number of ether oxygens (including phenoxy) is 2. The molecule has 0 spiro atoms. The number of terminal acetylenes is 1. The van der Waals surface area contributed by atoms with E-state index < -0.39 is 30.1 Å². The van der Waals surface area contributed by atoms with Gasteiger partial charge >= 0.3 is 12.1 Å². The van der Waals surface area contributed by atoms with Crippen molar-refractivity contribution in [2.75, 3.05) is 7.11 Å². The fourth-order valence-corrected chi connectivity index (χ4v) is 2.49. The first-order chi connectivity index (χ1) is 13.4. The van der Waals surface area contributed by atoms with Gasteiger partial charge in [0.25, 0.3) is 0 Å². The minimum Gasteiger partial charge on any atom is -0.467 e. The number of alkyl carbamates (subject to hydrolysis) is 1. The Balaban J connectivity index is 2.66. The van der Waals surface area contributed by atoms with Crippen LogP contribution in [0.5, 0.6) is 0 Å². The Morgan fingerprint density at radius 3 is 2.39 bits per heavy atom. The predicted octanol–water partition coefficient (Wildman–Crippen LogP) is 2.40. The molecule has 0 aliphatic carbocycles. The highest BCUT2D eigenvalue weighted by Gasteiger charge is 2.29. The summed E-state index contributed by atoms with van der Waals surface area (Å²) in [4.78, 5) is 36.6. The molecule has 28 heavy (non-hydrogen) atoms. The molecule has 1 rings (SSSR count). The molecular weight excluding hydrogens is 360 g/mol. The van der Waals surface area contributed by atoms with Crippen LogP contribution in [0.25, 0.3) is 0 Å². The minimum atomic E-state index is -0.858. The van der Waals surface area contributed by atoms with Gasteiger partial charge in [0.05, 0.1) is 7.11 Å². The SMILES string of the molecule is C#CCCC[C@H](NC(=O)[C@@H](NC(=O)OCc1ccccc1)C(C)C)C(=O)OC. The highest BCUT2D eigenvalue weighted by molar-refractivity contribution is 5.89. The van der Waals surface area contributed by atoms with Crippen molar-refractivity contribution < 1.29 is 23.9 Å². The van der Waals surface area contributed by atoms with E-state index in [9.17, 15) is 14.4 Å². The molecule has 0 fully saturated rings. The molecule has 0 saturated heterocycles. The van der Waals surface area contributed by atoms with E-state index in [1.165, 1.54) is 7.11 Å². The van der Waals surface area contributed by atoms with Crippen molar-refractivity contribution in [3.8, 4) is 12.3 Å². The largest absolute Gasteiger partial charge is 0.467 e. The normalized spacial score (nSPS) is 12.4. The van der Waals surface area contributed by atoms with Gasteiger partial charge in [-0.1, -0.05) is 44.2 Å². The molecule has 1 aromatic carbocycles. The quantitative estimate of drug-likeness (QED) is 0.365. The van der Waals surface area contributed by atoms with Crippen molar-refractivity contribution in [2.45, 2.75) is 51.8 Å². The van der Waals surface area contributed by atoms with E-state index in [4.69, 9.17) is 15.9 Å². The highest BCUT2D eigenvalue weighted by atomic mass is 16.5. The molecule has 2 N–H and O–H groups in total. The number of unbranched alkanes of at least 4 members (excludes halogenated alkanes) is 1. The Kier molecular flexibility index (Phi) is 10.2. The second-order valence-corrected chi connectivity index (χ2v) is 6.61. The number of methoxy groups -OCH3 is 1. The summed E-state index contributed by atoms with van der Waals surface area (Å²) in [5.74, 6) is 1.24. The van der Waals surface area contributed by atoms with Crippen molar-refractivity contribution in [2.24, 2.45) is 5.92 Å². The van der Waals surface area contributed by atoms with E-state index in [-0.39, 0.29) is 12.5 Å². The summed E-state index contributed by atoms with van der Waals surface area (Å²) in [6.07, 6.45) is 5.92. The number of nitrogens with one attached hydrogen (secondary N) is 2. The fraction of sp³-hybridized carbons (Fsp3) is 0.476. The third-order valence-corrected chi connectivity index (χ3v) is 4.05. The van der Waals surface area contributed by atoms with Crippen LogP contribution in [-0.2, 0) is 25.7 Å². The zero-order valence-electron chi connectivity index (χ0n) is 16.6. The monoisotopic (exact) mass is 388 g/mol. The fourth-order valence-electron chi connectivity index (χ4n) is 2.49. The van der Waals surface area contributed by atoms with Gasteiger partial charge in [-0.05, 0) is 24.3 Å². The average molecular weight is 388 g/mol. The lowest BCUT2D eigenvalue weighted by Crippen LogP contribution is -2.53. The number of benzene rings is 1. The topological polar surface area (TPSA) is 93.7 Å². The molecule has 0 aromatic heterocycles. The molecule has 0 bridgehead atoms. The van der Waals surface area contributed by atoms with Crippen molar-refractivity contribution in [3.63, 3.8) is 0 Å². The maximum absolute atomic E-state index is 12.6. The number of carbonyl (C=O) groups is 3. The van der Waals surface area contributed by atoms with Crippen LogP contribution in [0.2, 0.25) is 0 Å². The third-order valence-electron chi connectivity index (χ3n) is 4.05. The van der Waals surface area contributed by atoms with Crippen molar-refractivity contribution in [1.29, 1.82) is 0 Å². The number of esters is 1. The molecule has 152 valence electrons. The van der Waals surface area contributed by atoms with Gasteiger partial charge < -0.3 is 20.1 Å². The molecule has 2 atom stereocenters. The molecule has 0 radical (unpaired) electrons. The highest BCUT2D eigenvalue weighted by Crippen LogP contribution is 2.08. The van der Waals surface area contributed by atoms with E-state index >= 15 is 0 Å². The van der Waals surface area contributed by atoms with Crippen LogP contribution in [0.15, 0.2) is 30.3 Å².